The van der Waals surface area contributed by atoms with Gasteiger partial charge in [-0.3, -0.25) is 4.79 Å². The van der Waals surface area contributed by atoms with Crippen molar-refractivity contribution in [2.75, 3.05) is 13.1 Å². The van der Waals surface area contributed by atoms with Crippen molar-refractivity contribution in [2.45, 2.75) is 93.6 Å². The van der Waals surface area contributed by atoms with Crippen molar-refractivity contribution in [3.05, 3.63) is 59.3 Å². The van der Waals surface area contributed by atoms with Gasteiger partial charge in [0.25, 0.3) is 0 Å². The van der Waals surface area contributed by atoms with Crippen molar-refractivity contribution in [1.82, 2.24) is 9.88 Å². The van der Waals surface area contributed by atoms with Crippen LogP contribution in [0.1, 0.15) is 104 Å². The molecule has 0 saturated carbocycles. The second-order valence-electron chi connectivity index (χ2n) is 9.77. The number of fused-ring (bicyclic) bond motifs is 1. The van der Waals surface area contributed by atoms with Crippen LogP contribution in [0.3, 0.4) is 0 Å². The highest BCUT2D eigenvalue weighted by atomic mass is 16.6. The standard InChI is InChI=1S/C26H29N3O3.3C2H6/c1-25(2,3)32-24(31)29-12-11-26(17-29,14-18-7-5-4-6-8-18)23(30)19-9-10-22-21(13-19)20(15-27)16-28-22;3*1-2/h5,7-10,13,16,28H,4,6,11-12,14,17H2,1-3H3;3*1-2H3. The summed E-state index contributed by atoms with van der Waals surface area (Å²) in [5.74, 6) is 0.00965. The first-order valence-corrected chi connectivity index (χ1v) is 14.1. The van der Waals surface area contributed by atoms with Crippen molar-refractivity contribution >= 4 is 22.8 Å². The van der Waals surface area contributed by atoms with Crippen LogP contribution in [0.25, 0.3) is 10.9 Å². The molecule has 2 aromatic rings. The second-order valence-corrected chi connectivity index (χ2v) is 9.77. The van der Waals surface area contributed by atoms with Gasteiger partial charge in [-0.25, -0.2) is 4.79 Å². The molecule has 6 heteroatoms. The molecule has 0 radical (unpaired) electrons. The zero-order chi connectivity index (χ0) is 28.9. The van der Waals surface area contributed by atoms with Gasteiger partial charge in [0.2, 0.25) is 0 Å². The van der Waals surface area contributed by atoms with Crippen LogP contribution in [0.4, 0.5) is 4.79 Å². The molecule has 1 aromatic carbocycles. The number of nitrogens with zero attached hydrogens (tertiary/aromatic N) is 2. The van der Waals surface area contributed by atoms with E-state index in [-0.39, 0.29) is 11.9 Å². The van der Waals surface area contributed by atoms with Crippen molar-refractivity contribution in [3.8, 4) is 6.07 Å². The quantitative estimate of drug-likeness (QED) is 0.408. The number of carbonyl (C=O) groups is 2. The monoisotopic (exact) mass is 521 g/mol. The number of nitrogens with one attached hydrogen (secondary N) is 1. The molecule has 2 heterocycles. The fourth-order valence-corrected chi connectivity index (χ4v) is 4.61. The van der Waals surface area contributed by atoms with Gasteiger partial charge < -0.3 is 14.6 Å². The lowest BCUT2D eigenvalue weighted by Crippen LogP contribution is -2.39. The summed E-state index contributed by atoms with van der Waals surface area (Å²) in [6.07, 6.45) is 10.8. The van der Waals surface area contributed by atoms with E-state index in [1.165, 1.54) is 0 Å². The van der Waals surface area contributed by atoms with Crippen LogP contribution in [0, 0.1) is 16.7 Å². The number of H-pyrrole nitrogens is 1. The highest BCUT2D eigenvalue weighted by Crippen LogP contribution is 2.41. The predicted octanol–water partition coefficient (Wildman–Crippen LogP) is 8.59. The molecule has 0 spiro atoms. The highest BCUT2D eigenvalue weighted by molar-refractivity contribution is 6.04. The number of amides is 1. The number of likely N-dealkylation sites (tertiary alicyclic amines) is 1. The minimum absolute atomic E-state index is 0.00965. The minimum atomic E-state index is -0.721. The zero-order valence-electron chi connectivity index (χ0n) is 24.9. The number of hydrogen-bond acceptors (Lipinski definition) is 4. The fourth-order valence-electron chi connectivity index (χ4n) is 4.61. The molecule has 38 heavy (non-hydrogen) atoms. The van der Waals surface area contributed by atoms with E-state index in [9.17, 15) is 14.9 Å². The Balaban J connectivity index is 0.00000112. The topological polar surface area (TPSA) is 86.2 Å². The number of nitriles is 1. The summed E-state index contributed by atoms with van der Waals surface area (Å²) < 4.78 is 5.57. The van der Waals surface area contributed by atoms with Crippen molar-refractivity contribution in [1.29, 1.82) is 5.26 Å². The minimum Gasteiger partial charge on any atom is -0.444 e. The van der Waals surface area contributed by atoms with Crippen molar-refractivity contribution < 1.29 is 14.3 Å². The Bertz CT molecular complexity index is 1160. The first-order valence-electron chi connectivity index (χ1n) is 14.1. The second kappa shape index (κ2) is 15.2. The number of rotatable bonds is 4. The maximum Gasteiger partial charge on any atom is 0.410 e. The Morgan fingerprint density at radius 3 is 2.37 bits per heavy atom. The molecule has 1 aliphatic carbocycles. The molecule has 208 valence electrons. The number of hydrogen-bond donors (Lipinski definition) is 1. The van der Waals surface area contributed by atoms with E-state index in [2.05, 4.69) is 29.3 Å². The summed E-state index contributed by atoms with van der Waals surface area (Å²) in [7, 11) is 0. The number of ketones is 1. The number of Topliss-reactive ketones (excluding diaryl/α,β-unsaturated/α-hetero) is 1. The smallest absolute Gasteiger partial charge is 0.410 e. The molecule has 1 aromatic heterocycles. The predicted molar refractivity (Wildman–Crippen MR) is 157 cm³/mol. The van der Waals surface area contributed by atoms with Gasteiger partial charge in [0.05, 0.1) is 11.0 Å². The third kappa shape index (κ3) is 8.08. The molecule has 1 fully saturated rings. The fraction of sp³-hybridized carbons (Fsp3) is 0.531. The average Bonchev–Trinajstić information content (AvgIpc) is 3.56. The largest absolute Gasteiger partial charge is 0.444 e. The van der Waals surface area contributed by atoms with Crippen LogP contribution in [-0.4, -0.2) is 40.5 Å². The summed E-state index contributed by atoms with van der Waals surface area (Å²) in [5.41, 5.74) is 1.74. The van der Waals surface area contributed by atoms with Crippen molar-refractivity contribution in [2.24, 2.45) is 5.41 Å². The van der Waals surface area contributed by atoms with Crippen LogP contribution >= 0.6 is 0 Å². The van der Waals surface area contributed by atoms with Gasteiger partial charge in [-0.15, -0.1) is 0 Å². The van der Waals surface area contributed by atoms with E-state index in [1.54, 1.807) is 17.2 Å². The number of benzene rings is 1. The van der Waals surface area contributed by atoms with E-state index in [4.69, 9.17) is 4.74 Å². The van der Waals surface area contributed by atoms with Crippen LogP contribution in [0.15, 0.2) is 48.2 Å². The number of allylic oxidation sites excluding steroid dienone is 4. The Morgan fingerprint density at radius 1 is 1.11 bits per heavy atom. The third-order valence-electron chi connectivity index (χ3n) is 6.17. The number of carbonyl (C=O) groups excluding carboxylic acids is 2. The molecule has 1 N–H and O–H groups in total. The molecule has 6 nitrogen and oxygen atoms in total. The molecule has 1 saturated heterocycles. The Hall–Kier alpha value is -3.33. The first-order chi connectivity index (χ1) is 18.2. The lowest BCUT2D eigenvalue weighted by molar-refractivity contribution is 0.0274. The highest BCUT2D eigenvalue weighted by Gasteiger charge is 2.47. The van der Waals surface area contributed by atoms with Gasteiger partial charge >= 0.3 is 6.09 Å². The summed E-state index contributed by atoms with van der Waals surface area (Å²) in [6, 6.07) is 7.63. The molecular weight excluding hydrogens is 474 g/mol. The average molecular weight is 522 g/mol. The van der Waals surface area contributed by atoms with E-state index >= 15 is 0 Å². The SMILES string of the molecule is CC.CC.CC.CC(C)(C)OC(=O)N1CCC(CC2=CCCC=C2)(C(=O)c2ccc3[nH]cc(C#N)c3c2)C1. The van der Waals surface area contributed by atoms with Gasteiger partial charge in [-0.1, -0.05) is 65.3 Å². The third-order valence-corrected chi connectivity index (χ3v) is 6.17. The van der Waals surface area contributed by atoms with E-state index < -0.39 is 11.0 Å². The van der Waals surface area contributed by atoms with Crippen LogP contribution in [-0.2, 0) is 4.74 Å². The van der Waals surface area contributed by atoms with E-state index in [0.717, 1.165) is 29.3 Å². The van der Waals surface area contributed by atoms with Gasteiger partial charge in [0.15, 0.2) is 5.78 Å². The molecule has 1 amide bonds. The van der Waals surface area contributed by atoms with Gasteiger partial charge in [-0.2, -0.15) is 5.26 Å². The molecular formula is C32H47N3O3. The van der Waals surface area contributed by atoms with Gasteiger partial charge in [0.1, 0.15) is 11.7 Å². The molecule has 2 aliphatic rings. The van der Waals surface area contributed by atoms with Crippen LogP contribution in [0.2, 0.25) is 0 Å². The number of aromatic nitrogens is 1. The lowest BCUT2D eigenvalue weighted by atomic mass is 9.74. The van der Waals surface area contributed by atoms with Crippen LogP contribution in [0.5, 0.6) is 0 Å². The maximum atomic E-state index is 13.9. The van der Waals surface area contributed by atoms with Gasteiger partial charge in [-0.05, 0) is 64.7 Å². The normalized spacial score (nSPS) is 18.0. The van der Waals surface area contributed by atoms with Crippen LogP contribution < -0.4 is 0 Å². The summed E-state index contributed by atoms with van der Waals surface area (Å²) >= 11 is 0. The molecule has 4 rings (SSSR count). The Kier molecular flexibility index (Phi) is 13.1. The summed E-state index contributed by atoms with van der Waals surface area (Å²) in [4.78, 5) is 31.4. The molecule has 0 bridgehead atoms. The molecule has 1 aliphatic heterocycles. The summed E-state index contributed by atoms with van der Waals surface area (Å²) in [5, 5.41) is 10.1. The molecule has 1 atom stereocenters. The van der Waals surface area contributed by atoms with E-state index in [0.29, 0.717) is 37.1 Å². The zero-order valence-corrected chi connectivity index (χ0v) is 24.9. The van der Waals surface area contributed by atoms with E-state index in [1.807, 2.05) is 74.4 Å². The maximum absolute atomic E-state index is 13.9. The Morgan fingerprint density at radius 2 is 1.79 bits per heavy atom. The van der Waals surface area contributed by atoms with Gasteiger partial charge in [0, 0.05) is 35.8 Å². The molecule has 1 unspecified atom stereocenters. The lowest BCUT2D eigenvalue weighted by Gasteiger charge is -2.30. The number of aromatic amines is 1. The first kappa shape index (κ1) is 32.7. The van der Waals surface area contributed by atoms with Crippen molar-refractivity contribution in [3.63, 3.8) is 0 Å². The Labute approximate surface area is 229 Å². The number of ether oxygens (including phenoxy) is 1. The summed E-state index contributed by atoms with van der Waals surface area (Å²) in [6.45, 7) is 18.3.